The zero-order chi connectivity index (χ0) is 8.48. The van der Waals surface area contributed by atoms with E-state index in [9.17, 15) is 13.2 Å². The molecule has 0 saturated heterocycles. The second-order valence-corrected chi connectivity index (χ2v) is 2.17. The lowest BCUT2D eigenvalue weighted by atomic mass is 10.1. The van der Waals surface area contributed by atoms with Crippen molar-refractivity contribution >= 4 is 0 Å². The van der Waals surface area contributed by atoms with Crippen molar-refractivity contribution in [2.24, 2.45) is 0 Å². The molecular weight excluding hydrogens is 153 g/mol. The summed E-state index contributed by atoms with van der Waals surface area (Å²) >= 11 is 0. The molecule has 1 rings (SSSR count). The van der Waals surface area contributed by atoms with Crippen molar-refractivity contribution in [2.45, 2.75) is 13.1 Å². The van der Waals surface area contributed by atoms with Gasteiger partial charge in [-0.2, -0.15) is 13.2 Å². The predicted molar refractivity (Wildman–Crippen MR) is 33.9 cm³/mol. The molecule has 0 unspecified atom stereocenters. The Hall–Kier alpha value is -0.990. The van der Waals surface area contributed by atoms with Gasteiger partial charge >= 0.3 is 6.18 Å². The highest BCUT2D eigenvalue weighted by atomic mass is 19.4. The van der Waals surface area contributed by atoms with Crippen LogP contribution in [0.5, 0.6) is 0 Å². The van der Waals surface area contributed by atoms with E-state index in [4.69, 9.17) is 0 Å². The van der Waals surface area contributed by atoms with Crippen LogP contribution in [0, 0.1) is 19.1 Å². The molecule has 0 aromatic heterocycles. The summed E-state index contributed by atoms with van der Waals surface area (Å²) in [5, 5.41) is 0. The number of halogens is 3. The Kier molecular flexibility index (Phi) is 1.89. The largest absolute Gasteiger partial charge is 0.417 e. The molecule has 1 aromatic carbocycles. The number of hydrogen-bond donors (Lipinski definition) is 0. The quantitative estimate of drug-likeness (QED) is 0.544. The third-order valence-corrected chi connectivity index (χ3v) is 1.19. The molecule has 1 aromatic rings. The van der Waals surface area contributed by atoms with Gasteiger partial charge in [0.25, 0.3) is 0 Å². The van der Waals surface area contributed by atoms with Gasteiger partial charge < -0.3 is 0 Å². The Bertz CT molecular complexity index is 250. The van der Waals surface area contributed by atoms with Gasteiger partial charge in [-0.25, -0.2) is 0 Å². The molecule has 0 aliphatic carbocycles. The topological polar surface area (TPSA) is 0 Å². The van der Waals surface area contributed by atoms with Crippen LogP contribution in [0.2, 0.25) is 0 Å². The molecule has 0 atom stereocenters. The molecule has 0 aliphatic heterocycles. The molecule has 0 fully saturated rings. The smallest absolute Gasteiger partial charge is 0.166 e. The fourth-order valence-electron chi connectivity index (χ4n) is 0.691. The lowest BCUT2D eigenvalue weighted by Gasteiger charge is -2.05. The van der Waals surface area contributed by atoms with Crippen LogP contribution < -0.4 is 0 Å². The fourth-order valence-corrected chi connectivity index (χ4v) is 0.691. The Morgan fingerprint density at radius 3 is 2.27 bits per heavy atom. The van der Waals surface area contributed by atoms with Gasteiger partial charge in [-0.15, -0.1) is 0 Å². The van der Waals surface area contributed by atoms with E-state index in [0.29, 0.717) is 5.56 Å². The van der Waals surface area contributed by atoms with Gasteiger partial charge in [-0.05, 0) is 36.8 Å². The van der Waals surface area contributed by atoms with E-state index in [1.54, 1.807) is 6.92 Å². The molecule has 2 radical (unpaired) electrons. The second kappa shape index (κ2) is 2.57. The zero-order valence-corrected chi connectivity index (χ0v) is 5.79. The van der Waals surface area contributed by atoms with Crippen LogP contribution in [0.4, 0.5) is 13.2 Å². The fraction of sp³-hybridized carbons (Fsp3) is 0.250. The molecule has 3 heteroatoms. The molecule has 0 heterocycles. The molecule has 0 N–H and O–H groups in total. The van der Waals surface area contributed by atoms with E-state index >= 15 is 0 Å². The summed E-state index contributed by atoms with van der Waals surface area (Å²) in [4.78, 5) is 0. The first-order chi connectivity index (χ1) is 5.00. The maximum Gasteiger partial charge on any atom is 0.417 e. The van der Waals surface area contributed by atoms with E-state index in [1.165, 1.54) is 0 Å². The minimum atomic E-state index is -4.29. The zero-order valence-electron chi connectivity index (χ0n) is 5.79. The van der Waals surface area contributed by atoms with Crippen LogP contribution in [0.1, 0.15) is 11.1 Å². The van der Waals surface area contributed by atoms with Crippen LogP contribution >= 0.6 is 0 Å². The maximum absolute atomic E-state index is 11.9. The molecule has 0 nitrogen and oxygen atoms in total. The Morgan fingerprint density at radius 2 is 1.91 bits per heavy atom. The molecule has 0 aliphatic rings. The second-order valence-electron chi connectivity index (χ2n) is 2.17. The van der Waals surface area contributed by atoms with Crippen molar-refractivity contribution in [3.8, 4) is 0 Å². The average molecular weight is 158 g/mol. The van der Waals surface area contributed by atoms with Gasteiger partial charge in [0.1, 0.15) is 0 Å². The summed E-state index contributed by atoms with van der Waals surface area (Å²) in [5.74, 6) is 0. The third-order valence-electron chi connectivity index (χ3n) is 1.19. The Morgan fingerprint density at radius 1 is 1.27 bits per heavy atom. The molecular formula is C8H5F3. The standard InChI is InChI=1S/C8H5F3/c1-6-3-2-4-7(5-6)8(9,10)11/h2,5H,1H3. The van der Waals surface area contributed by atoms with E-state index in [-0.39, 0.29) is 0 Å². The Labute approximate surface area is 62.7 Å². The van der Waals surface area contributed by atoms with Crippen molar-refractivity contribution in [3.63, 3.8) is 0 Å². The number of alkyl halides is 3. The van der Waals surface area contributed by atoms with Crippen molar-refractivity contribution in [3.05, 3.63) is 35.4 Å². The van der Waals surface area contributed by atoms with Crippen molar-refractivity contribution in [1.82, 2.24) is 0 Å². The van der Waals surface area contributed by atoms with Gasteiger partial charge in [0.05, 0.1) is 5.56 Å². The van der Waals surface area contributed by atoms with Crippen LogP contribution in [-0.2, 0) is 6.18 Å². The number of benzene rings is 1. The SMILES string of the molecule is Cc1[c]c[c]c(C(F)(F)F)c1. The highest BCUT2D eigenvalue weighted by molar-refractivity contribution is 5.22. The maximum atomic E-state index is 11.9. The highest BCUT2D eigenvalue weighted by Gasteiger charge is 2.30. The van der Waals surface area contributed by atoms with Crippen LogP contribution in [0.15, 0.2) is 12.1 Å². The van der Waals surface area contributed by atoms with E-state index in [0.717, 1.165) is 12.1 Å². The number of aryl methyl sites for hydroxylation is 1. The molecule has 11 heavy (non-hydrogen) atoms. The number of rotatable bonds is 0. The van der Waals surface area contributed by atoms with E-state index in [1.807, 2.05) is 0 Å². The van der Waals surface area contributed by atoms with E-state index < -0.39 is 11.7 Å². The summed E-state index contributed by atoms with van der Waals surface area (Å²) in [6, 6.07) is 6.82. The normalized spacial score (nSPS) is 11.6. The summed E-state index contributed by atoms with van der Waals surface area (Å²) in [6.07, 6.45) is -4.29. The summed E-state index contributed by atoms with van der Waals surface area (Å²) in [7, 11) is 0. The van der Waals surface area contributed by atoms with Gasteiger partial charge in [-0.3, -0.25) is 0 Å². The summed E-state index contributed by atoms with van der Waals surface area (Å²) < 4.78 is 35.8. The lowest BCUT2D eigenvalue weighted by molar-refractivity contribution is -0.137. The van der Waals surface area contributed by atoms with Crippen molar-refractivity contribution in [2.75, 3.05) is 0 Å². The predicted octanol–water partition coefficient (Wildman–Crippen LogP) is 2.61. The summed E-state index contributed by atoms with van der Waals surface area (Å²) in [5.41, 5.74) is -0.273. The average Bonchev–Trinajstić information content (AvgIpc) is 1.86. The first-order valence-corrected chi connectivity index (χ1v) is 2.97. The van der Waals surface area contributed by atoms with Crippen LogP contribution in [0.25, 0.3) is 0 Å². The van der Waals surface area contributed by atoms with E-state index in [2.05, 4.69) is 12.1 Å². The number of hydrogen-bond acceptors (Lipinski definition) is 0. The monoisotopic (exact) mass is 158 g/mol. The minimum absolute atomic E-state index is 0.469. The van der Waals surface area contributed by atoms with Crippen LogP contribution in [-0.4, -0.2) is 0 Å². The van der Waals surface area contributed by atoms with Gasteiger partial charge in [0.15, 0.2) is 0 Å². The molecule has 0 bridgehead atoms. The summed E-state index contributed by atoms with van der Waals surface area (Å²) in [6.45, 7) is 1.56. The molecule has 0 saturated carbocycles. The van der Waals surface area contributed by atoms with Crippen molar-refractivity contribution in [1.29, 1.82) is 0 Å². The first-order valence-electron chi connectivity index (χ1n) is 2.97. The van der Waals surface area contributed by atoms with Gasteiger partial charge in [0, 0.05) is 0 Å². The lowest BCUT2D eigenvalue weighted by Crippen LogP contribution is -2.04. The van der Waals surface area contributed by atoms with Crippen molar-refractivity contribution < 1.29 is 13.2 Å². The molecule has 0 spiro atoms. The van der Waals surface area contributed by atoms with Gasteiger partial charge in [-0.1, -0.05) is 0 Å². The van der Waals surface area contributed by atoms with Crippen LogP contribution in [0.3, 0.4) is 0 Å². The minimum Gasteiger partial charge on any atom is -0.166 e. The molecule has 58 valence electrons. The first kappa shape index (κ1) is 8.11. The highest BCUT2D eigenvalue weighted by Crippen LogP contribution is 2.28. The third kappa shape index (κ3) is 1.97. The van der Waals surface area contributed by atoms with Gasteiger partial charge in [0.2, 0.25) is 0 Å². The Balaban J connectivity index is 3.06. The molecule has 0 amide bonds.